The molecule has 0 aromatic carbocycles. The van der Waals surface area contributed by atoms with E-state index < -0.39 is 0 Å². The van der Waals surface area contributed by atoms with Gasteiger partial charge in [0.15, 0.2) is 0 Å². The summed E-state index contributed by atoms with van der Waals surface area (Å²) >= 11 is 0. The topological polar surface area (TPSA) is 50.9 Å². The fourth-order valence-electron chi connectivity index (χ4n) is 1.34. The molecular weight excluding hydrogens is 166 g/mol. The number of aromatic nitrogens is 3. The van der Waals surface area contributed by atoms with Gasteiger partial charge in [0.1, 0.15) is 12.0 Å². The molecule has 68 valence electrons. The van der Waals surface area contributed by atoms with E-state index in [0.29, 0.717) is 0 Å². The van der Waals surface area contributed by atoms with E-state index in [1.165, 1.54) is 6.33 Å². The van der Waals surface area contributed by atoms with Crippen LogP contribution >= 0.6 is 0 Å². The molecule has 1 N–H and O–H groups in total. The SMILES string of the molecule is C[C@@H](CO)n1ccc2cncnc21. The van der Waals surface area contributed by atoms with E-state index in [4.69, 9.17) is 5.11 Å². The highest BCUT2D eigenvalue weighted by atomic mass is 16.3. The van der Waals surface area contributed by atoms with Crippen molar-refractivity contribution in [2.75, 3.05) is 6.61 Å². The minimum Gasteiger partial charge on any atom is -0.394 e. The summed E-state index contributed by atoms with van der Waals surface area (Å²) in [6.45, 7) is 2.06. The summed E-state index contributed by atoms with van der Waals surface area (Å²) in [4.78, 5) is 8.08. The van der Waals surface area contributed by atoms with Gasteiger partial charge in [0.05, 0.1) is 12.6 Å². The van der Waals surface area contributed by atoms with Crippen molar-refractivity contribution in [2.24, 2.45) is 0 Å². The molecule has 0 bridgehead atoms. The largest absolute Gasteiger partial charge is 0.394 e. The second kappa shape index (κ2) is 3.14. The molecule has 0 saturated heterocycles. The van der Waals surface area contributed by atoms with E-state index >= 15 is 0 Å². The lowest BCUT2D eigenvalue weighted by Gasteiger charge is -2.10. The molecule has 2 aromatic rings. The van der Waals surface area contributed by atoms with Gasteiger partial charge in [-0.1, -0.05) is 0 Å². The van der Waals surface area contributed by atoms with Gasteiger partial charge in [-0.05, 0) is 13.0 Å². The van der Waals surface area contributed by atoms with Crippen molar-refractivity contribution in [3.63, 3.8) is 0 Å². The second-order valence-corrected chi connectivity index (χ2v) is 3.06. The van der Waals surface area contributed by atoms with Crippen LogP contribution in [0.4, 0.5) is 0 Å². The summed E-state index contributed by atoms with van der Waals surface area (Å²) in [7, 11) is 0. The summed E-state index contributed by atoms with van der Waals surface area (Å²) in [5, 5.41) is 10.0. The standard InChI is InChI=1S/C9H11N3O/c1-7(5-13)12-3-2-8-4-10-6-11-9(8)12/h2-4,6-7,13H,5H2,1H3/t7-/m0/s1. The Bertz CT molecular complexity index is 410. The zero-order valence-corrected chi connectivity index (χ0v) is 7.38. The van der Waals surface area contributed by atoms with Crippen LogP contribution in [0, 0.1) is 0 Å². The lowest BCUT2D eigenvalue weighted by atomic mass is 10.3. The minimum atomic E-state index is 0.0624. The summed E-state index contributed by atoms with van der Waals surface area (Å²) in [5.74, 6) is 0. The van der Waals surface area contributed by atoms with Crippen molar-refractivity contribution in [3.05, 3.63) is 24.8 Å². The maximum absolute atomic E-state index is 9.00. The normalized spacial score (nSPS) is 13.4. The van der Waals surface area contributed by atoms with Crippen molar-refractivity contribution < 1.29 is 5.11 Å². The first kappa shape index (κ1) is 8.19. The fraction of sp³-hybridized carbons (Fsp3) is 0.333. The maximum Gasteiger partial charge on any atom is 0.143 e. The molecule has 0 radical (unpaired) electrons. The Kier molecular flexibility index (Phi) is 1.98. The molecular formula is C9H11N3O. The van der Waals surface area contributed by atoms with Gasteiger partial charge in [-0.25, -0.2) is 9.97 Å². The average molecular weight is 177 g/mol. The molecule has 0 unspecified atom stereocenters. The number of hydrogen-bond acceptors (Lipinski definition) is 3. The van der Waals surface area contributed by atoms with Crippen molar-refractivity contribution in [2.45, 2.75) is 13.0 Å². The molecule has 4 heteroatoms. The molecule has 0 aliphatic rings. The third-order valence-corrected chi connectivity index (χ3v) is 2.12. The van der Waals surface area contributed by atoms with Crippen molar-refractivity contribution in [1.29, 1.82) is 0 Å². The molecule has 2 aromatic heterocycles. The van der Waals surface area contributed by atoms with E-state index in [9.17, 15) is 0 Å². The van der Waals surface area contributed by atoms with E-state index in [0.717, 1.165) is 11.0 Å². The Morgan fingerprint density at radius 1 is 1.62 bits per heavy atom. The highest BCUT2D eigenvalue weighted by Gasteiger charge is 2.06. The number of nitrogens with zero attached hydrogens (tertiary/aromatic N) is 3. The third-order valence-electron chi connectivity index (χ3n) is 2.12. The van der Waals surface area contributed by atoms with Crippen LogP contribution in [0.15, 0.2) is 24.8 Å². The minimum absolute atomic E-state index is 0.0624. The zero-order valence-electron chi connectivity index (χ0n) is 7.38. The molecule has 0 aliphatic carbocycles. The first-order valence-corrected chi connectivity index (χ1v) is 4.20. The van der Waals surface area contributed by atoms with Gasteiger partial charge in [-0.2, -0.15) is 0 Å². The number of hydrogen-bond donors (Lipinski definition) is 1. The molecule has 2 heterocycles. The average Bonchev–Trinajstić information content (AvgIpc) is 2.60. The number of aliphatic hydroxyl groups excluding tert-OH is 1. The molecule has 0 aliphatic heterocycles. The molecule has 0 fully saturated rings. The lowest BCUT2D eigenvalue weighted by Crippen LogP contribution is -2.08. The lowest BCUT2D eigenvalue weighted by molar-refractivity contribution is 0.241. The second-order valence-electron chi connectivity index (χ2n) is 3.06. The summed E-state index contributed by atoms with van der Waals surface area (Å²) in [6, 6.07) is 2.01. The van der Waals surface area contributed by atoms with Gasteiger partial charge in [-0.3, -0.25) is 0 Å². The molecule has 0 amide bonds. The monoisotopic (exact) mass is 177 g/mol. The van der Waals surface area contributed by atoms with Crippen LogP contribution in [0.25, 0.3) is 11.0 Å². The van der Waals surface area contributed by atoms with Crippen LogP contribution < -0.4 is 0 Å². The van der Waals surface area contributed by atoms with E-state index in [-0.39, 0.29) is 12.6 Å². The number of fused-ring (bicyclic) bond motifs is 1. The third kappa shape index (κ3) is 1.29. The van der Waals surface area contributed by atoms with Gasteiger partial charge < -0.3 is 9.67 Å². The Morgan fingerprint density at radius 2 is 2.46 bits per heavy atom. The Labute approximate surface area is 75.9 Å². The number of rotatable bonds is 2. The van der Waals surface area contributed by atoms with E-state index in [2.05, 4.69) is 9.97 Å². The van der Waals surface area contributed by atoms with Crippen LogP contribution in [-0.2, 0) is 0 Å². The predicted octanol–water partition coefficient (Wildman–Crippen LogP) is 0.985. The zero-order chi connectivity index (χ0) is 9.26. The van der Waals surface area contributed by atoms with Crippen LogP contribution in [0.2, 0.25) is 0 Å². The number of aliphatic hydroxyl groups is 1. The molecule has 1 atom stereocenters. The summed E-state index contributed by atoms with van der Waals surface area (Å²) < 4.78 is 1.94. The van der Waals surface area contributed by atoms with Crippen molar-refractivity contribution in [1.82, 2.24) is 14.5 Å². The van der Waals surface area contributed by atoms with Gasteiger partial charge >= 0.3 is 0 Å². The first-order chi connectivity index (χ1) is 6.33. The molecule has 0 spiro atoms. The Balaban J connectivity index is 2.57. The molecule has 4 nitrogen and oxygen atoms in total. The van der Waals surface area contributed by atoms with E-state index in [1.807, 2.05) is 23.8 Å². The van der Waals surface area contributed by atoms with Crippen molar-refractivity contribution in [3.8, 4) is 0 Å². The van der Waals surface area contributed by atoms with E-state index in [1.54, 1.807) is 6.20 Å². The Morgan fingerprint density at radius 3 is 3.23 bits per heavy atom. The Hall–Kier alpha value is -1.42. The summed E-state index contributed by atoms with van der Waals surface area (Å²) in [5.41, 5.74) is 0.872. The quantitative estimate of drug-likeness (QED) is 0.744. The molecule has 0 saturated carbocycles. The van der Waals surface area contributed by atoms with Gasteiger partial charge in [0.2, 0.25) is 0 Å². The van der Waals surface area contributed by atoms with Crippen LogP contribution in [0.5, 0.6) is 0 Å². The fourth-order valence-corrected chi connectivity index (χ4v) is 1.34. The molecule has 13 heavy (non-hydrogen) atoms. The van der Waals surface area contributed by atoms with Gasteiger partial charge in [-0.15, -0.1) is 0 Å². The van der Waals surface area contributed by atoms with Crippen molar-refractivity contribution >= 4 is 11.0 Å². The van der Waals surface area contributed by atoms with Crippen LogP contribution in [-0.4, -0.2) is 26.2 Å². The highest BCUT2D eigenvalue weighted by molar-refractivity contribution is 5.74. The molecule has 2 rings (SSSR count). The van der Waals surface area contributed by atoms with Crippen LogP contribution in [0.3, 0.4) is 0 Å². The van der Waals surface area contributed by atoms with Gasteiger partial charge in [0, 0.05) is 17.8 Å². The maximum atomic E-state index is 9.00. The van der Waals surface area contributed by atoms with Crippen LogP contribution in [0.1, 0.15) is 13.0 Å². The first-order valence-electron chi connectivity index (χ1n) is 4.20. The van der Waals surface area contributed by atoms with Gasteiger partial charge in [0.25, 0.3) is 0 Å². The predicted molar refractivity (Wildman–Crippen MR) is 49.3 cm³/mol. The highest BCUT2D eigenvalue weighted by Crippen LogP contribution is 2.15. The summed E-state index contributed by atoms with van der Waals surface area (Å²) in [6.07, 6.45) is 5.20. The smallest absolute Gasteiger partial charge is 0.143 e.